The fraction of sp³-hybridized carbons (Fsp3) is 0.214. The van der Waals surface area contributed by atoms with Crippen LogP contribution < -0.4 is 10.5 Å². The Balaban J connectivity index is 2.03. The van der Waals surface area contributed by atoms with Gasteiger partial charge in [-0.25, -0.2) is 4.39 Å². The van der Waals surface area contributed by atoms with E-state index in [1.165, 1.54) is 12.3 Å². The lowest BCUT2D eigenvalue weighted by atomic mass is 10.1. The highest BCUT2D eigenvalue weighted by molar-refractivity contribution is 9.10. The molecule has 2 rings (SSSR count). The summed E-state index contributed by atoms with van der Waals surface area (Å²) in [5.41, 5.74) is 7.35. The van der Waals surface area contributed by atoms with Crippen LogP contribution in [-0.4, -0.2) is 11.5 Å². The lowest BCUT2D eigenvalue weighted by molar-refractivity contribution is 0.303. The second-order valence-electron chi connectivity index (χ2n) is 4.10. The zero-order valence-corrected chi connectivity index (χ0v) is 11.9. The van der Waals surface area contributed by atoms with Crippen molar-refractivity contribution in [2.24, 2.45) is 5.73 Å². The number of aromatic nitrogens is 1. The van der Waals surface area contributed by atoms with Gasteiger partial charge in [0.25, 0.3) is 0 Å². The third-order valence-corrected chi connectivity index (χ3v) is 3.20. The van der Waals surface area contributed by atoms with E-state index in [9.17, 15) is 4.39 Å². The molecule has 3 nitrogen and oxygen atoms in total. The van der Waals surface area contributed by atoms with E-state index in [2.05, 4.69) is 20.9 Å². The highest BCUT2D eigenvalue weighted by Gasteiger charge is 2.04. The molecule has 2 aromatic rings. The summed E-state index contributed by atoms with van der Waals surface area (Å²) in [5, 5.41) is 0. The SMILES string of the molecule is NCCc1ccc(OCc2cncc(F)c2)c(Br)c1. The third kappa shape index (κ3) is 4.01. The van der Waals surface area contributed by atoms with Crippen LogP contribution in [0.25, 0.3) is 0 Å². The molecule has 0 atom stereocenters. The van der Waals surface area contributed by atoms with E-state index in [-0.39, 0.29) is 12.4 Å². The zero-order valence-electron chi connectivity index (χ0n) is 10.3. The quantitative estimate of drug-likeness (QED) is 0.919. The maximum atomic E-state index is 13.0. The average Bonchev–Trinajstić information content (AvgIpc) is 2.38. The molecule has 0 saturated carbocycles. The normalized spacial score (nSPS) is 10.5. The van der Waals surface area contributed by atoms with E-state index in [4.69, 9.17) is 10.5 Å². The molecule has 0 amide bonds. The maximum Gasteiger partial charge on any atom is 0.141 e. The summed E-state index contributed by atoms with van der Waals surface area (Å²) in [6, 6.07) is 7.23. The first-order chi connectivity index (χ1) is 9.19. The van der Waals surface area contributed by atoms with Crippen LogP contribution >= 0.6 is 15.9 Å². The van der Waals surface area contributed by atoms with Crippen LogP contribution in [0.3, 0.4) is 0 Å². The van der Waals surface area contributed by atoms with Gasteiger partial charge in [0, 0.05) is 11.8 Å². The van der Waals surface area contributed by atoms with Crippen LogP contribution in [0.2, 0.25) is 0 Å². The molecule has 0 unspecified atom stereocenters. The van der Waals surface area contributed by atoms with Crippen LogP contribution in [0.15, 0.2) is 41.1 Å². The Hall–Kier alpha value is -1.46. The van der Waals surface area contributed by atoms with Crippen molar-refractivity contribution in [3.63, 3.8) is 0 Å². The van der Waals surface area contributed by atoms with E-state index in [0.717, 1.165) is 16.5 Å². The summed E-state index contributed by atoms with van der Waals surface area (Å²) in [5.74, 6) is 0.350. The van der Waals surface area contributed by atoms with Crippen molar-refractivity contribution >= 4 is 15.9 Å². The molecule has 0 saturated heterocycles. The van der Waals surface area contributed by atoms with Crippen LogP contribution in [0.4, 0.5) is 4.39 Å². The molecule has 1 aromatic carbocycles. The lowest BCUT2D eigenvalue weighted by Gasteiger charge is -2.09. The molecule has 0 aliphatic carbocycles. The zero-order chi connectivity index (χ0) is 13.7. The standard InChI is InChI=1S/C14H14BrFN2O/c15-13-6-10(3-4-17)1-2-14(13)19-9-11-5-12(16)8-18-7-11/h1-2,5-8H,3-4,9,17H2. The molecular formula is C14H14BrFN2O. The van der Waals surface area contributed by atoms with Crippen LogP contribution in [0, 0.1) is 5.82 Å². The largest absolute Gasteiger partial charge is 0.488 e. The molecule has 2 N–H and O–H groups in total. The molecule has 0 fully saturated rings. The predicted molar refractivity (Wildman–Crippen MR) is 75.4 cm³/mol. The molecule has 1 heterocycles. The monoisotopic (exact) mass is 324 g/mol. The average molecular weight is 325 g/mol. The Morgan fingerprint density at radius 1 is 1.21 bits per heavy atom. The Morgan fingerprint density at radius 3 is 2.74 bits per heavy atom. The first kappa shape index (κ1) is 14.0. The molecule has 100 valence electrons. The summed E-state index contributed by atoms with van der Waals surface area (Å²) in [6.07, 6.45) is 3.58. The van der Waals surface area contributed by atoms with Gasteiger partial charge in [-0.05, 0) is 52.7 Å². The number of nitrogens with two attached hydrogens (primary N) is 1. The molecular weight excluding hydrogens is 311 g/mol. The first-order valence-electron chi connectivity index (χ1n) is 5.90. The fourth-order valence-corrected chi connectivity index (χ4v) is 2.22. The number of benzene rings is 1. The van der Waals surface area contributed by atoms with Gasteiger partial charge in [-0.1, -0.05) is 6.07 Å². The Bertz CT molecular complexity index is 563. The number of ether oxygens (including phenoxy) is 1. The number of rotatable bonds is 5. The molecule has 0 bridgehead atoms. The number of hydrogen-bond acceptors (Lipinski definition) is 3. The summed E-state index contributed by atoms with van der Waals surface area (Å²) in [4.78, 5) is 3.78. The summed E-state index contributed by atoms with van der Waals surface area (Å²) >= 11 is 3.45. The van der Waals surface area contributed by atoms with E-state index >= 15 is 0 Å². The smallest absolute Gasteiger partial charge is 0.141 e. The van der Waals surface area contributed by atoms with Gasteiger partial charge in [-0.2, -0.15) is 0 Å². The topological polar surface area (TPSA) is 48.1 Å². The van der Waals surface area contributed by atoms with Gasteiger partial charge in [0.15, 0.2) is 0 Å². The highest BCUT2D eigenvalue weighted by Crippen LogP contribution is 2.26. The van der Waals surface area contributed by atoms with Gasteiger partial charge in [0.05, 0.1) is 10.7 Å². The highest BCUT2D eigenvalue weighted by atomic mass is 79.9. The van der Waals surface area contributed by atoms with Crippen molar-refractivity contribution in [1.82, 2.24) is 4.98 Å². The Kier molecular flexibility index (Phi) is 4.87. The van der Waals surface area contributed by atoms with Crippen molar-refractivity contribution in [3.05, 3.63) is 58.1 Å². The minimum absolute atomic E-state index is 0.277. The third-order valence-electron chi connectivity index (χ3n) is 2.59. The second kappa shape index (κ2) is 6.63. The van der Waals surface area contributed by atoms with Gasteiger partial charge < -0.3 is 10.5 Å². The van der Waals surface area contributed by atoms with Gasteiger partial charge in [-0.3, -0.25) is 4.98 Å². The molecule has 0 radical (unpaired) electrons. The number of pyridine rings is 1. The molecule has 0 aliphatic heterocycles. The second-order valence-corrected chi connectivity index (χ2v) is 4.96. The van der Waals surface area contributed by atoms with E-state index in [1.54, 1.807) is 6.20 Å². The van der Waals surface area contributed by atoms with Crippen molar-refractivity contribution in [2.75, 3.05) is 6.54 Å². The van der Waals surface area contributed by atoms with Crippen LogP contribution in [-0.2, 0) is 13.0 Å². The van der Waals surface area contributed by atoms with E-state index in [0.29, 0.717) is 17.9 Å². The van der Waals surface area contributed by atoms with Crippen LogP contribution in [0.5, 0.6) is 5.75 Å². The minimum Gasteiger partial charge on any atom is -0.488 e. The van der Waals surface area contributed by atoms with Gasteiger partial charge in [0.2, 0.25) is 0 Å². The van der Waals surface area contributed by atoms with Crippen molar-refractivity contribution in [2.45, 2.75) is 13.0 Å². The molecule has 1 aromatic heterocycles. The number of halogens is 2. The predicted octanol–water partition coefficient (Wildman–Crippen LogP) is 3.06. The lowest BCUT2D eigenvalue weighted by Crippen LogP contribution is -2.03. The van der Waals surface area contributed by atoms with Gasteiger partial charge >= 0.3 is 0 Å². The molecule has 0 aliphatic rings. The Morgan fingerprint density at radius 2 is 2.05 bits per heavy atom. The van der Waals surface area contributed by atoms with Gasteiger partial charge in [0.1, 0.15) is 18.2 Å². The van der Waals surface area contributed by atoms with Gasteiger partial charge in [-0.15, -0.1) is 0 Å². The molecule has 0 spiro atoms. The fourth-order valence-electron chi connectivity index (χ4n) is 1.68. The van der Waals surface area contributed by atoms with E-state index < -0.39 is 0 Å². The van der Waals surface area contributed by atoms with Crippen molar-refractivity contribution in [3.8, 4) is 5.75 Å². The minimum atomic E-state index is -0.363. The van der Waals surface area contributed by atoms with Crippen LogP contribution in [0.1, 0.15) is 11.1 Å². The summed E-state index contributed by atoms with van der Waals surface area (Å²) in [7, 11) is 0. The maximum absolute atomic E-state index is 13.0. The molecule has 19 heavy (non-hydrogen) atoms. The molecule has 5 heteroatoms. The van der Waals surface area contributed by atoms with Crippen molar-refractivity contribution < 1.29 is 9.13 Å². The summed E-state index contributed by atoms with van der Waals surface area (Å²) < 4.78 is 19.5. The number of hydrogen-bond donors (Lipinski definition) is 1. The van der Waals surface area contributed by atoms with E-state index in [1.807, 2.05) is 18.2 Å². The number of nitrogens with zero attached hydrogens (tertiary/aromatic N) is 1. The van der Waals surface area contributed by atoms with Crippen molar-refractivity contribution in [1.29, 1.82) is 0 Å². The Labute approximate surface area is 119 Å². The first-order valence-corrected chi connectivity index (χ1v) is 6.69. The summed E-state index contributed by atoms with van der Waals surface area (Å²) in [6.45, 7) is 0.890.